The molecule has 1 atom stereocenters. The summed E-state index contributed by atoms with van der Waals surface area (Å²) in [7, 11) is -0.691. The number of aliphatic carboxylic acids is 2. The molecule has 29 heavy (non-hydrogen) atoms. The van der Waals surface area contributed by atoms with Gasteiger partial charge >= 0.3 is 33.0 Å². The van der Waals surface area contributed by atoms with Crippen LogP contribution in [-0.4, -0.2) is 63.2 Å². The van der Waals surface area contributed by atoms with Crippen LogP contribution in [0.3, 0.4) is 0 Å². The number of hydrogen-bond acceptors (Lipinski definition) is 7. The Balaban J connectivity index is -0.000000402. The fourth-order valence-corrected chi connectivity index (χ4v) is 2.61. The van der Waals surface area contributed by atoms with Crippen LogP contribution in [0.2, 0.25) is 0 Å². The Morgan fingerprint density at radius 3 is 1.90 bits per heavy atom. The zero-order valence-electron chi connectivity index (χ0n) is 17.0. The van der Waals surface area contributed by atoms with Gasteiger partial charge in [0.1, 0.15) is 0 Å². The van der Waals surface area contributed by atoms with Crippen LogP contribution in [0, 0.1) is 18.8 Å². The molecule has 1 unspecified atom stereocenters. The van der Waals surface area contributed by atoms with Gasteiger partial charge in [0.25, 0.3) is 0 Å². The van der Waals surface area contributed by atoms with E-state index < -0.39 is 26.9 Å². The van der Waals surface area contributed by atoms with Gasteiger partial charge in [-0.05, 0) is 26.1 Å². The average Bonchev–Trinajstić information content (AvgIpc) is 2.65. The van der Waals surface area contributed by atoms with Crippen molar-refractivity contribution in [3.8, 4) is 0 Å². The van der Waals surface area contributed by atoms with Crippen molar-refractivity contribution in [3.05, 3.63) is 12.7 Å². The van der Waals surface area contributed by atoms with E-state index in [2.05, 4.69) is 21.2 Å². The molecule has 0 bridgehead atoms. The van der Waals surface area contributed by atoms with Gasteiger partial charge in [0.05, 0.1) is 12.3 Å². The molecule has 0 aromatic carbocycles. The first-order chi connectivity index (χ1) is 13.2. The van der Waals surface area contributed by atoms with Crippen LogP contribution in [0.15, 0.2) is 0 Å². The molecule has 0 aromatic rings. The molecule has 0 radical (unpaired) electrons. The quantitative estimate of drug-likeness (QED) is 0.123. The second-order valence-corrected chi connectivity index (χ2v) is 6.96. The molecule has 1 fully saturated rings. The Hall–Kier alpha value is -0.182. The fourth-order valence-electron chi connectivity index (χ4n) is 2.58. The van der Waals surface area contributed by atoms with Gasteiger partial charge in [-0.15, -0.1) is 6.04 Å². The molecule has 0 amide bonds. The molecule has 12 heteroatoms. The van der Waals surface area contributed by atoms with Crippen LogP contribution in [0.1, 0.15) is 52.4 Å². The summed E-state index contributed by atoms with van der Waals surface area (Å²) in [4.78, 5) is 23.2. The number of nitrogens with one attached hydrogen (secondary N) is 1. The van der Waals surface area contributed by atoms with Crippen molar-refractivity contribution >= 4 is 21.0 Å². The first-order valence-electron chi connectivity index (χ1n) is 9.28. The molecule has 0 aliphatic heterocycles. The van der Waals surface area contributed by atoms with Gasteiger partial charge < -0.3 is 27.8 Å². The van der Waals surface area contributed by atoms with Crippen molar-refractivity contribution in [2.75, 3.05) is 19.6 Å². The van der Waals surface area contributed by atoms with Crippen molar-refractivity contribution in [1.29, 1.82) is 0 Å². The number of hydrogen-bond donors (Lipinski definition) is 4. The van der Waals surface area contributed by atoms with Crippen LogP contribution < -0.4 is 0 Å². The van der Waals surface area contributed by atoms with E-state index in [1.165, 1.54) is 12.8 Å². The molecule has 0 saturated heterocycles. The zero-order valence-corrected chi connectivity index (χ0v) is 20.3. The molecule has 0 heterocycles. The standard InChI is InChI=1S/C10H19NO4.C7H13N.H3O4P.Pt/c1-3-11(4-2)6-5-8(10(14)15)7-9(12)13;1-6-2-4-7(8)5-3-6;1-3-5-4-2;/h8H,3-7H2,1-2H3,(H,12,13)(H,14,15);6-8H,1-5H2;1-2,5H;/q;-2;;+2. The summed E-state index contributed by atoms with van der Waals surface area (Å²) in [5, 5.41) is 31.9. The van der Waals surface area contributed by atoms with E-state index >= 15 is 0 Å². The second-order valence-electron chi connectivity index (χ2n) is 6.43. The van der Waals surface area contributed by atoms with E-state index in [0.29, 0.717) is 18.9 Å². The summed E-state index contributed by atoms with van der Waals surface area (Å²) in [5.74, 6) is -2.20. The molecule has 1 rings (SSSR count). The minimum absolute atomic E-state index is 0. The van der Waals surface area contributed by atoms with Crippen LogP contribution in [0.25, 0.3) is 5.73 Å². The molecular formula is C17H35N2O8PPt. The first-order valence-corrected chi connectivity index (χ1v) is 10.1. The number of nitrogens with zero attached hydrogens (tertiary/aromatic N) is 1. The molecular weight excluding hydrogens is 586 g/mol. The average molecular weight is 622 g/mol. The molecule has 1 saturated carbocycles. The Labute approximate surface area is 189 Å². The van der Waals surface area contributed by atoms with Gasteiger partial charge in [-0.25, -0.2) is 10.5 Å². The maximum Gasteiger partial charge on any atom is 2.00 e. The maximum atomic E-state index is 10.7. The van der Waals surface area contributed by atoms with E-state index in [1.54, 1.807) is 0 Å². The predicted octanol–water partition coefficient (Wildman–Crippen LogP) is 3.80. The molecule has 0 spiro atoms. The smallest absolute Gasteiger partial charge is 0.675 e. The van der Waals surface area contributed by atoms with Gasteiger partial charge in [0.2, 0.25) is 9.03 Å². The van der Waals surface area contributed by atoms with Crippen LogP contribution in [-0.2, 0) is 40.0 Å². The van der Waals surface area contributed by atoms with Crippen molar-refractivity contribution < 1.29 is 60.7 Å². The molecule has 10 nitrogen and oxygen atoms in total. The third-order valence-electron chi connectivity index (χ3n) is 4.38. The normalized spacial score (nSPS) is 19.0. The van der Waals surface area contributed by atoms with E-state index in [4.69, 9.17) is 26.5 Å². The molecule has 1 aliphatic carbocycles. The van der Waals surface area contributed by atoms with Gasteiger partial charge in [-0.2, -0.15) is 15.3 Å². The SMILES string of the molecule is CCN(CC)CCC(CC(=O)O)C(=O)O.OOPOO.[CH2-]C1CCC([NH-])CC1.[Pt+2]. The number of carbonyl (C=O) groups is 2. The minimum Gasteiger partial charge on any atom is -0.675 e. The Morgan fingerprint density at radius 2 is 1.62 bits per heavy atom. The van der Waals surface area contributed by atoms with Gasteiger partial charge in [-0.1, -0.05) is 39.5 Å². The summed E-state index contributed by atoms with van der Waals surface area (Å²) in [5.41, 5.74) is 7.33. The zero-order chi connectivity index (χ0) is 21.9. The molecule has 0 aromatic heterocycles. The van der Waals surface area contributed by atoms with Crippen LogP contribution in [0.5, 0.6) is 0 Å². The van der Waals surface area contributed by atoms with Gasteiger partial charge in [0, 0.05) is 0 Å². The predicted molar refractivity (Wildman–Crippen MR) is 107 cm³/mol. The van der Waals surface area contributed by atoms with Crippen molar-refractivity contribution in [3.63, 3.8) is 0 Å². The van der Waals surface area contributed by atoms with Crippen molar-refractivity contribution in [2.24, 2.45) is 11.8 Å². The fraction of sp³-hybridized carbons (Fsp3) is 0.824. The molecule has 1 aliphatic rings. The second kappa shape index (κ2) is 22.5. The number of carboxylic acids is 2. The van der Waals surface area contributed by atoms with Gasteiger partial charge in [-0.3, -0.25) is 9.59 Å². The third kappa shape index (κ3) is 22.3. The first kappa shape index (κ1) is 33.5. The monoisotopic (exact) mass is 621 g/mol. The Morgan fingerprint density at radius 1 is 1.14 bits per heavy atom. The van der Waals surface area contributed by atoms with E-state index in [9.17, 15) is 9.59 Å². The maximum absolute atomic E-state index is 10.7. The van der Waals surface area contributed by atoms with Crippen molar-refractivity contribution in [1.82, 2.24) is 4.90 Å². The summed E-state index contributed by atoms with van der Waals surface area (Å²) in [6.45, 7) is 10.3. The van der Waals surface area contributed by atoms with Crippen LogP contribution in [0.4, 0.5) is 0 Å². The summed E-state index contributed by atoms with van der Waals surface area (Å²) < 4.78 is 6.49. The topological polar surface area (TPSA) is 161 Å². The van der Waals surface area contributed by atoms with E-state index in [-0.39, 0.29) is 33.5 Å². The third-order valence-corrected chi connectivity index (χ3v) is 4.53. The van der Waals surface area contributed by atoms with Crippen LogP contribution >= 0.6 is 9.03 Å². The molecule has 5 N–H and O–H groups in total. The summed E-state index contributed by atoms with van der Waals surface area (Å²) in [6.07, 6.45) is 4.60. The van der Waals surface area contributed by atoms with E-state index in [0.717, 1.165) is 25.9 Å². The number of rotatable bonds is 10. The van der Waals surface area contributed by atoms with E-state index in [1.807, 2.05) is 13.8 Å². The number of carboxylic acid groups (broad SMARTS) is 2. The molecule has 176 valence electrons. The van der Waals surface area contributed by atoms with Crippen molar-refractivity contribution in [2.45, 2.75) is 58.4 Å². The largest absolute Gasteiger partial charge is 2.00 e. The minimum atomic E-state index is -1.05. The Kier molecular flexibility index (Phi) is 26.0. The summed E-state index contributed by atoms with van der Waals surface area (Å²) >= 11 is 0. The Bertz CT molecular complexity index is 386. The summed E-state index contributed by atoms with van der Waals surface area (Å²) in [6, 6.07) is 0.230. The van der Waals surface area contributed by atoms with Gasteiger partial charge in [0.15, 0.2) is 0 Å².